The first-order valence-electron chi connectivity index (χ1n) is 8.54. The van der Waals surface area contributed by atoms with Gasteiger partial charge in [0.05, 0.1) is 12.9 Å². The maximum atomic E-state index is 12.6. The number of carbonyl (C=O) groups excluding carboxylic acids is 2. The van der Waals surface area contributed by atoms with Crippen LogP contribution in [0.15, 0.2) is 58.0 Å². The second-order valence-electron chi connectivity index (χ2n) is 5.72. The third-order valence-electron chi connectivity index (χ3n) is 3.85. The summed E-state index contributed by atoms with van der Waals surface area (Å²) in [5.41, 5.74) is 1.42. The summed E-state index contributed by atoms with van der Waals surface area (Å²) in [6, 6.07) is 12.1. The van der Waals surface area contributed by atoms with E-state index in [0.717, 1.165) is 5.56 Å². The number of rotatable bonds is 6. The van der Waals surface area contributed by atoms with Crippen molar-refractivity contribution in [1.82, 2.24) is 0 Å². The smallest absolute Gasteiger partial charge is 0.341 e. The molecule has 0 fully saturated rings. The van der Waals surface area contributed by atoms with Crippen molar-refractivity contribution in [2.24, 2.45) is 0 Å². The Hall–Kier alpha value is -3.34. The molecular formula is C21H15ClN2O4S. The number of hydrogen-bond acceptors (Lipinski definition) is 6. The van der Waals surface area contributed by atoms with Crippen LogP contribution in [-0.2, 0) is 9.53 Å². The molecule has 0 saturated heterocycles. The minimum absolute atomic E-state index is 0.156. The van der Waals surface area contributed by atoms with Crippen LogP contribution in [0.3, 0.4) is 0 Å². The van der Waals surface area contributed by atoms with Crippen LogP contribution in [0.1, 0.15) is 23.0 Å². The highest BCUT2D eigenvalue weighted by Crippen LogP contribution is 2.37. The molecule has 8 heteroatoms. The van der Waals surface area contributed by atoms with Gasteiger partial charge in [0.2, 0.25) is 0 Å². The summed E-state index contributed by atoms with van der Waals surface area (Å²) in [7, 11) is 0. The van der Waals surface area contributed by atoms with Gasteiger partial charge in [-0.25, -0.2) is 4.79 Å². The molecule has 0 radical (unpaired) electrons. The van der Waals surface area contributed by atoms with E-state index in [1.54, 1.807) is 48.7 Å². The molecule has 2 heterocycles. The van der Waals surface area contributed by atoms with Crippen LogP contribution < -0.4 is 5.32 Å². The second kappa shape index (κ2) is 9.24. The summed E-state index contributed by atoms with van der Waals surface area (Å²) < 4.78 is 10.3. The fraction of sp³-hybridized carbons (Fsp3) is 0.0952. The van der Waals surface area contributed by atoms with Crippen molar-refractivity contribution >= 4 is 45.9 Å². The van der Waals surface area contributed by atoms with Gasteiger partial charge in [-0.05, 0) is 36.8 Å². The molecule has 1 aromatic carbocycles. The number of anilines is 1. The fourth-order valence-electron chi connectivity index (χ4n) is 2.53. The van der Waals surface area contributed by atoms with Gasteiger partial charge in [-0.3, -0.25) is 4.79 Å². The summed E-state index contributed by atoms with van der Waals surface area (Å²) in [5.74, 6) is -0.850. The number of amides is 1. The molecule has 0 bridgehead atoms. The summed E-state index contributed by atoms with van der Waals surface area (Å²) in [5, 5.41) is 14.6. The van der Waals surface area contributed by atoms with E-state index in [9.17, 15) is 14.9 Å². The number of benzene rings is 1. The number of esters is 1. The normalized spacial score (nSPS) is 11.0. The van der Waals surface area contributed by atoms with Crippen molar-refractivity contribution in [2.45, 2.75) is 6.92 Å². The molecule has 6 nitrogen and oxygen atoms in total. The Morgan fingerprint density at radius 1 is 1.31 bits per heavy atom. The molecule has 146 valence electrons. The number of furan rings is 1. The van der Waals surface area contributed by atoms with Crippen molar-refractivity contribution < 1.29 is 18.7 Å². The average molecular weight is 427 g/mol. The van der Waals surface area contributed by atoms with Gasteiger partial charge in [0.1, 0.15) is 28.0 Å². The Kier molecular flexibility index (Phi) is 6.50. The topological polar surface area (TPSA) is 92.3 Å². The van der Waals surface area contributed by atoms with E-state index < -0.39 is 11.9 Å². The zero-order chi connectivity index (χ0) is 20.8. The van der Waals surface area contributed by atoms with Gasteiger partial charge in [0.15, 0.2) is 0 Å². The number of nitrogens with one attached hydrogen (secondary N) is 1. The van der Waals surface area contributed by atoms with E-state index in [2.05, 4.69) is 5.32 Å². The number of carbonyl (C=O) groups is 2. The third kappa shape index (κ3) is 4.74. The quantitative estimate of drug-likeness (QED) is 0.324. The SMILES string of the molecule is CCOC(=O)c1c(-c2ccc(Cl)cc2)csc1NC(=O)/C(C#N)=C/c1ccco1. The predicted molar refractivity (Wildman–Crippen MR) is 112 cm³/mol. The Morgan fingerprint density at radius 2 is 2.07 bits per heavy atom. The van der Waals surface area contributed by atoms with Crippen LogP contribution in [0, 0.1) is 11.3 Å². The van der Waals surface area contributed by atoms with Gasteiger partial charge in [-0.2, -0.15) is 5.26 Å². The summed E-state index contributed by atoms with van der Waals surface area (Å²) in [6.45, 7) is 1.88. The number of ether oxygens (including phenoxy) is 1. The fourth-order valence-corrected chi connectivity index (χ4v) is 3.61. The number of halogens is 1. The summed E-state index contributed by atoms with van der Waals surface area (Å²) in [6.07, 6.45) is 2.77. The summed E-state index contributed by atoms with van der Waals surface area (Å²) >= 11 is 7.11. The second-order valence-corrected chi connectivity index (χ2v) is 7.04. The zero-order valence-electron chi connectivity index (χ0n) is 15.3. The standard InChI is InChI=1S/C21H15ClN2O4S/c1-2-27-21(26)18-17(13-5-7-15(22)8-6-13)12-29-20(18)24-19(25)14(11-23)10-16-4-3-9-28-16/h3-10,12H,2H2,1H3,(H,24,25)/b14-10+. The van der Waals surface area contributed by atoms with Gasteiger partial charge < -0.3 is 14.5 Å². The van der Waals surface area contributed by atoms with E-state index in [1.165, 1.54) is 23.7 Å². The highest BCUT2D eigenvalue weighted by molar-refractivity contribution is 7.15. The van der Waals surface area contributed by atoms with Crippen LogP contribution in [0.2, 0.25) is 5.02 Å². The van der Waals surface area contributed by atoms with E-state index in [-0.39, 0.29) is 17.7 Å². The van der Waals surface area contributed by atoms with Crippen LogP contribution in [-0.4, -0.2) is 18.5 Å². The molecular weight excluding hydrogens is 412 g/mol. The first-order valence-corrected chi connectivity index (χ1v) is 9.80. The number of nitrogens with zero attached hydrogens (tertiary/aromatic N) is 1. The lowest BCUT2D eigenvalue weighted by molar-refractivity contribution is -0.112. The molecule has 3 rings (SSSR count). The van der Waals surface area contributed by atoms with Gasteiger partial charge in [0.25, 0.3) is 5.91 Å². The van der Waals surface area contributed by atoms with Crippen molar-refractivity contribution in [1.29, 1.82) is 5.26 Å². The maximum Gasteiger partial charge on any atom is 0.341 e. The van der Waals surface area contributed by atoms with Crippen molar-refractivity contribution in [3.63, 3.8) is 0 Å². The van der Waals surface area contributed by atoms with Gasteiger partial charge in [-0.1, -0.05) is 23.7 Å². The molecule has 0 aliphatic carbocycles. The molecule has 0 unspecified atom stereocenters. The molecule has 1 amide bonds. The van der Waals surface area contributed by atoms with Crippen LogP contribution in [0.4, 0.5) is 5.00 Å². The molecule has 0 atom stereocenters. The monoisotopic (exact) mass is 426 g/mol. The Morgan fingerprint density at radius 3 is 2.69 bits per heavy atom. The number of hydrogen-bond donors (Lipinski definition) is 1. The Labute approximate surface area is 176 Å². The van der Waals surface area contributed by atoms with Crippen molar-refractivity contribution in [3.8, 4) is 17.2 Å². The van der Waals surface area contributed by atoms with Crippen LogP contribution >= 0.6 is 22.9 Å². The van der Waals surface area contributed by atoms with Gasteiger partial charge in [-0.15, -0.1) is 11.3 Å². The highest BCUT2D eigenvalue weighted by Gasteiger charge is 2.23. The predicted octanol–water partition coefficient (Wildman–Crippen LogP) is 5.38. The molecule has 0 spiro atoms. The van der Waals surface area contributed by atoms with E-state index in [4.69, 9.17) is 20.8 Å². The third-order valence-corrected chi connectivity index (χ3v) is 5.00. The molecule has 3 aromatic rings. The van der Waals surface area contributed by atoms with Gasteiger partial charge >= 0.3 is 5.97 Å². The first kappa shape index (κ1) is 20.4. The van der Waals surface area contributed by atoms with E-state index in [1.807, 2.05) is 6.07 Å². The van der Waals surface area contributed by atoms with Crippen molar-refractivity contribution in [2.75, 3.05) is 11.9 Å². The molecule has 2 aromatic heterocycles. The van der Waals surface area contributed by atoms with E-state index >= 15 is 0 Å². The molecule has 0 saturated carbocycles. The van der Waals surface area contributed by atoms with Gasteiger partial charge in [0, 0.05) is 22.0 Å². The average Bonchev–Trinajstić information content (AvgIpc) is 3.36. The minimum Gasteiger partial charge on any atom is -0.465 e. The number of thiophene rings is 1. The van der Waals surface area contributed by atoms with E-state index in [0.29, 0.717) is 21.3 Å². The Balaban J connectivity index is 1.96. The highest BCUT2D eigenvalue weighted by atomic mass is 35.5. The maximum absolute atomic E-state index is 12.6. The lowest BCUT2D eigenvalue weighted by atomic mass is 10.0. The first-order chi connectivity index (χ1) is 14.0. The van der Waals surface area contributed by atoms with Crippen LogP contribution in [0.5, 0.6) is 0 Å². The lowest BCUT2D eigenvalue weighted by Gasteiger charge is -2.08. The van der Waals surface area contributed by atoms with Crippen molar-refractivity contribution in [3.05, 3.63) is 70.0 Å². The minimum atomic E-state index is -0.654. The lowest BCUT2D eigenvalue weighted by Crippen LogP contribution is -2.16. The number of nitriles is 1. The zero-order valence-corrected chi connectivity index (χ0v) is 16.8. The molecule has 1 N–H and O–H groups in total. The largest absolute Gasteiger partial charge is 0.465 e. The molecule has 29 heavy (non-hydrogen) atoms. The summed E-state index contributed by atoms with van der Waals surface area (Å²) in [4.78, 5) is 25.2. The molecule has 0 aliphatic heterocycles. The molecule has 0 aliphatic rings. The van der Waals surface area contributed by atoms with Crippen LogP contribution in [0.25, 0.3) is 17.2 Å². The Bertz CT molecular complexity index is 1090.